The lowest BCUT2D eigenvalue weighted by Crippen LogP contribution is -2.14. The first-order valence-electron chi connectivity index (χ1n) is 6.75. The Bertz CT molecular complexity index is 790. The molecule has 0 spiro atoms. The van der Waals surface area contributed by atoms with Crippen molar-refractivity contribution in [2.45, 2.75) is 13.3 Å². The number of aromatic amines is 1. The zero-order chi connectivity index (χ0) is 14.8. The molecule has 0 unspecified atom stereocenters. The molecule has 0 aliphatic rings. The van der Waals surface area contributed by atoms with Crippen LogP contribution in [0.5, 0.6) is 0 Å². The average molecular weight is 282 g/mol. The van der Waals surface area contributed by atoms with Crippen molar-refractivity contribution in [3.8, 4) is 0 Å². The summed E-state index contributed by atoms with van der Waals surface area (Å²) in [6.07, 6.45) is 0.285. The van der Waals surface area contributed by atoms with Gasteiger partial charge in [0.25, 0.3) is 0 Å². The van der Waals surface area contributed by atoms with Crippen LogP contribution in [0, 0.1) is 12.7 Å². The Morgan fingerprint density at radius 3 is 2.62 bits per heavy atom. The zero-order valence-corrected chi connectivity index (χ0v) is 11.6. The van der Waals surface area contributed by atoms with Crippen molar-refractivity contribution in [2.24, 2.45) is 0 Å². The van der Waals surface area contributed by atoms with E-state index in [1.54, 1.807) is 12.1 Å². The van der Waals surface area contributed by atoms with Gasteiger partial charge in [0, 0.05) is 22.3 Å². The van der Waals surface area contributed by atoms with Gasteiger partial charge in [-0.2, -0.15) is 0 Å². The van der Waals surface area contributed by atoms with E-state index in [0.29, 0.717) is 5.69 Å². The van der Waals surface area contributed by atoms with Crippen molar-refractivity contribution in [1.29, 1.82) is 0 Å². The maximum Gasteiger partial charge on any atom is 0.228 e. The Morgan fingerprint density at radius 1 is 1.14 bits per heavy atom. The minimum Gasteiger partial charge on any atom is -0.358 e. The van der Waals surface area contributed by atoms with E-state index in [1.807, 2.05) is 31.2 Å². The van der Waals surface area contributed by atoms with E-state index in [9.17, 15) is 9.18 Å². The maximum absolute atomic E-state index is 12.8. The molecule has 4 heteroatoms. The number of aromatic nitrogens is 1. The van der Waals surface area contributed by atoms with Crippen LogP contribution < -0.4 is 5.32 Å². The third kappa shape index (κ3) is 2.79. The summed E-state index contributed by atoms with van der Waals surface area (Å²) >= 11 is 0. The number of halogens is 1. The van der Waals surface area contributed by atoms with E-state index >= 15 is 0 Å². The van der Waals surface area contributed by atoms with E-state index in [1.165, 1.54) is 12.1 Å². The molecule has 0 saturated carbocycles. The van der Waals surface area contributed by atoms with E-state index in [4.69, 9.17) is 0 Å². The fourth-order valence-electron chi connectivity index (χ4n) is 2.46. The molecule has 1 heterocycles. The lowest BCUT2D eigenvalue weighted by atomic mass is 10.1. The van der Waals surface area contributed by atoms with Crippen LogP contribution in [-0.4, -0.2) is 10.9 Å². The quantitative estimate of drug-likeness (QED) is 0.754. The van der Waals surface area contributed by atoms with Crippen molar-refractivity contribution in [3.63, 3.8) is 0 Å². The van der Waals surface area contributed by atoms with Gasteiger partial charge in [-0.3, -0.25) is 4.79 Å². The van der Waals surface area contributed by atoms with E-state index in [-0.39, 0.29) is 18.1 Å². The Balaban J connectivity index is 1.80. The minimum atomic E-state index is -0.319. The SMILES string of the molecule is Cc1[nH]c2ccccc2c1CC(=O)Nc1ccc(F)cc1. The van der Waals surface area contributed by atoms with Gasteiger partial charge in [-0.05, 0) is 42.8 Å². The first-order valence-corrected chi connectivity index (χ1v) is 6.75. The monoisotopic (exact) mass is 282 g/mol. The first kappa shape index (κ1) is 13.4. The second-order valence-electron chi connectivity index (χ2n) is 5.01. The van der Waals surface area contributed by atoms with Gasteiger partial charge in [0.15, 0.2) is 0 Å². The molecule has 3 aromatic rings. The van der Waals surface area contributed by atoms with Crippen LogP contribution in [0.25, 0.3) is 10.9 Å². The number of carbonyl (C=O) groups excluding carboxylic acids is 1. The van der Waals surface area contributed by atoms with Gasteiger partial charge < -0.3 is 10.3 Å². The molecule has 1 aromatic heterocycles. The summed E-state index contributed by atoms with van der Waals surface area (Å²) in [5.74, 6) is -0.435. The third-order valence-corrected chi connectivity index (χ3v) is 3.49. The van der Waals surface area contributed by atoms with E-state index < -0.39 is 0 Å². The molecule has 0 aliphatic heterocycles. The van der Waals surface area contributed by atoms with Gasteiger partial charge in [0.05, 0.1) is 6.42 Å². The fourth-order valence-corrected chi connectivity index (χ4v) is 2.46. The summed E-state index contributed by atoms with van der Waals surface area (Å²) < 4.78 is 12.8. The minimum absolute atomic E-state index is 0.116. The molecular weight excluding hydrogens is 267 g/mol. The number of anilines is 1. The first-order chi connectivity index (χ1) is 10.1. The van der Waals surface area contributed by atoms with Gasteiger partial charge in [0.1, 0.15) is 5.82 Å². The molecule has 2 aromatic carbocycles. The van der Waals surface area contributed by atoms with Crippen LogP contribution >= 0.6 is 0 Å². The average Bonchev–Trinajstić information content (AvgIpc) is 2.78. The highest BCUT2D eigenvalue weighted by atomic mass is 19.1. The van der Waals surface area contributed by atoms with Crippen LogP contribution in [0.15, 0.2) is 48.5 Å². The summed E-state index contributed by atoms with van der Waals surface area (Å²) in [4.78, 5) is 15.4. The molecule has 0 aliphatic carbocycles. The Kier molecular flexibility index (Phi) is 3.44. The summed E-state index contributed by atoms with van der Waals surface area (Å²) in [7, 11) is 0. The number of benzene rings is 2. The van der Waals surface area contributed by atoms with Crippen LogP contribution in [0.4, 0.5) is 10.1 Å². The third-order valence-electron chi connectivity index (χ3n) is 3.49. The molecule has 0 bridgehead atoms. The molecule has 21 heavy (non-hydrogen) atoms. The number of nitrogens with one attached hydrogen (secondary N) is 2. The number of fused-ring (bicyclic) bond motifs is 1. The van der Waals surface area contributed by atoms with E-state index in [0.717, 1.165) is 22.2 Å². The molecule has 0 atom stereocenters. The van der Waals surface area contributed by atoms with Gasteiger partial charge in [-0.1, -0.05) is 18.2 Å². The second-order valence-corrected chi connectivity index (χ2v) is 5.01. The second kappa shape index (κ2) is 5.40. The number of para-hydroxylation sites is 1. The largest absolute Gasteiger partial charge is 0.358 e. The number of H-pyrrole nitrogens is 1. The molecule has 1 amide bonds. The fraction of sp³-hybridized carbons (Fsp3) is 0.118. The van der Waals surface area contributed by atoms with Gasteiger partial charge in [-0.15, -0.1) is 0 Å². The summed E-state index contributed by atoms with van der Waals surface area (Å²) in [5, 5.41) is 3.84. The predicted octanol–water partition coefficient (Wildman–Crippen LogP) is 3.80. The van der Waals surface area contributed by atoms with Crippen LogP contribution in [0.1, 0.15) is 11.3 Å². The maximum atomic E-state index is 12.8. The molecular formula is C17H15FN2O. The number of carbonyl (C=O) groups is 1. The Hall–Kier alpha value is -2.62. The van der Waals surface area contributed by atoms with Gasteiger partial charge in [-0.25, -0.2) is 4.39 Å². The Morgan fingerprint density at radius 2 is 1.86 bits per heavy atom. The topological polar surface area (TPSA) is 44.9 Å². The smallest absolute Gasteiger partial charge is 0.228 e. The zero-order valence-electron chi connectivity index (χ0n) is 11.6. The summed E-state index contributed by atoms with van der Waals surface area (Å²) in [6.45, 7) is 1.96. The highest BCUT2D eigenvalue weighted by molar-refractivity contribution is 5.96. The lowest BCUT2D eigenvalue weighted by molar-refractivity contribution is -0.115. The molecule has 0 saturated heterocycles. The molecule has 3 rings (SSSR count). The van der Waals surface area contributed by atoms with E-state index in [2.05, 4.69) is 10.3 Å². The standard InChI is InChI=1S/C17H15FN2O/c1-11-15(14-4-2-3-5-16(14)19-11)10-17(21)20-13-8-6-12(18)7-9-13/h2-9,19H,10H2,1H3,(H,20,21). The molecule has 0 fully saturated rings. The molecule has 0 radical (unpaired) electrons. The number of hydrogen-bond donors (Lipinski definition) is 2. The van der Waals surface area contributed by atoms with Crippen LogP contribution in [0.3, 0.4) is 0 Å². The van der Waals surface area contributed by atoms with Crippen molar-refractivity contribution in [3.05, 3.63) is 65.6 Å². The van der Waals surface area contributed by atoms with Gasteiger partial charge >= 0.3 is 0 Å². The lowest BCUT2D eigenvalue weighted by Gasteiger charge is -2.05. The summed E-state index contributed by atoms with van der Waals surface area (Å²) in [6, 6.07) is 13.7. The van der Waals surface area contributed by atoms with Crippen molar-refractivity contribution in [1.82, 2.24) is 4.98 Å². The molecule has 2 N–H and O–H groups in total. The molecule has 3 nitrogen and oxygen atoms in total. The van der Waals surface area contributed by atoms with Crippen LogP contribution in [0.2, 0.25) is 0 Å². The normalized spacial score (nSPS) is 10.8. The van der Waals surface area contributed by atoms with Crippen molar-refractivity contribution in [2.75, 3.05) is 5.32 Å². The number of aryl methyl sites for hydroxylation is 1. The number of hydrogen-bond acceptors (Lipinski definition) is 1. The van der Waals surface area contributed by atoms with Gasteiger partial charge in [0.2, 0.25) is 5.91 Å². The predicted molar refractivity (Wildman–Crippen MR) is 81.8 cm³/mol. The number of amides is 1. The highest BCUT2D eigenvalue weighted by Gasteiger charge is 2.12. The number of rotatable bonds is 3. The molecule has 106 valence electrons. The highest BCUT2D eigenvalue weighted by Crippen LogP contribution is 2.22. The Labute approximate surface area is 121 Å². The van der Waals surface area contributed by atoms with Crippen molar-refractivity contribution >= 4 is 22.5 Å². The summed E-state index contributed by atoms with van der Waals surface area (Å²) in [5.41, 5.74) is 3.61. The van der Waals surface area contributed by atoms with Crippen LogP contribution in [-0.2, 0) is 11.2 Å². The van der Waals surface area contributed by atoms with Crippen molar-refractivity contribution < 1.29 is 9.18 Å².